The lowest BCUT2D eigenvalue weighted by molar-refractivity contribution is 0.102. The maximum absolute atomic E-state index is 12.8. The zero-order valence-corrected chi connectivity index (χ0v) is 17.9. The first-order valence-electron chi connectivity index (χ1n) is 10.5. The van der Waals surface area contributed by atoms with Crippen molar-refractivity contribution in [3.63, 3.8) is 0 Å². The van der Waals surface area contributed by atoms with E-state index in [4.69, 9.17) is 14.2 Å². The average Bonchev–Trinajstić information content (AvgIpc) is 2.85. The van der Waals surface area contributed by atoms with Gasteiger partial charge in [0.15, 0.2) is 17.3 Å². The Hall–Kier alpha value is -4.39. The van der Waals surface area contributed by atoms with Gasteiger partial charge in [0.1, 0.15) is 19.0 Å². The number of nitrogens with one attached hydrogen (secondary N) is 1. The fraction of sp³-hybridized carbons (Fsp3) is 0.115. The SMILES string of the molecule is Cc1ccc(-c2nccc(Oc3cccc(C(=O)Nc4ccc5c(c4)OCCO5)c3)n2)cc1. The summed E-state index contributed by atoms with van der Waals surface area (Å²) in [6, 6.07) is 21.9. The van der Waals surface area contributed by atoms with Gasteiger partial charge in [-0.15, -0.1) is 0 Å². The van der Waals surface area contributed by atoms with Crippen molar-refractivity contribution in [1.82, 2.24) is 9.97 Å². The molecule has 0 bridgehead atoms. The molecule has 33 heavy (non-hydrogen) atoms. The van der Waals surface area contributed by atoms with Crippen LogP contribution in [0.4, 0.5) is 5.69 Å². The van der Waals surface area contributed by atoms with E-state index in [0.717, 1.165) is 11.1 Å². The van der Waals surface area contributed by atoms with Crippen molar-refractivity contribution in [3.05, 3.63) is 90.1 Å². The maximum atomic E-state index is 12.8. The van der Waals surface area contributed by atoms with Crippen LogP contribution in [0.3, 0.4) is 0 Å². The highest BCUT2D eigenvalue weighted by atomic mass is 16.6. The van der Waals surface area contributed by atoms with Crippen LogP contribution in [-0.2, 0) is 0 Å². The highest BCUT2D eigenvalue weighted by Crippen LogP contribution is 2.33. The predicted molar refractivity (Wildman–Crippen MR) is 124 cm³/mol. The summed E-state index contributed by atoms with van der Waals surface area (Å²) in [4.78, 5) is 21.6. The van der Waals surface area contributed by atoms with E-state index in [1.807, 2.05) is 31.2 Å². The van der Waals surface area contributed by atoms with Crippen LogP contribution in [0.5, 0.6) is 23.1 Å². The van der Waals surface area contributed by atoms with Crippen LogP contribution in [0.1, 0.15) is 15.9 Å². The Morgan fingerprint density at radius 1 is 0.939 bits per heavy atom. The molecule has 7 nitrogen and oxygen atoms in total. The summed E-state index contributed by atoms with van der Waals surface area (Å²) in [5.74, 6) is 2.48. The van der Waals surface area contributed by atoms with E-state index < -0.39 is 0 Å². The lowest BCUT2D eigenvalue weighted by atomic mass is 10.1. The average molecular weight is 439 g/mol. The second kappa shape index (κ2) is 9.00. The molecule has 0 aliphatic carbocycles. The number of hydrogen-bond acceptors (Lipinski definition) is 6. The number of rotatable bonds is 5. The second-order valence-electron chi connectivity index (χ2n) is 7.53. The molecule has 1 aliphatic rings. The monoisotopic (exact) mass is 439 g/mol. The molecule has 3 aromatic carbocycles. The molecular weight excluding hydrogens is 418 g/mol. The molecule has 1 N–H and O–H groups in total. The zero-order chi connectivity index (χ0) is 22.6. The van der Waals surface area contributed by atoms with Crippen molar-refractivity contribution < 1.29 is 19.0 Å². The Balaban J connectivity index is 1.31. The largest absolute Gasteiger partial charge is 0.486 e. The lowest BCUT2D eigenvalue weighted by Gasteiger charge is -2.19. The standard InChI is InChI=1S/C26H21N3O4/c1-17-5-7-18(8-6-17)25-27-12-11-24(29-25)33-21-4-2-3-19(15-21)26(30)28-20-9-10-22-23(16-20)32-14-13-31-22/h2-12,15-16H,13-14H2,1H3,(H,28,30). The first-order valence-corrected chi connectivity index (χ1v) is 10.5. The van der Waals surface area contributed by atoms with Gasteiger partial charge in [0.25, 0.3) is 5.91 Å². The number of ether oxygens (including phenoxy) is 3. The number of carbonyl (C=O) groups is 1. The number of aromatic nitrogens is 2. The molecule has 5 rings (SSSR count). The molecule has 164 valence electrons. The van der Waals surface area contributed by atoms with Crippen molar-refractivity contribution in [3.8, 4) is 34.5 Å². The number of aryl methyl sites for hydroxylation is 1. The number of anilines is 1. The van der Waals surface area contributed by atoms with E-state index in [1.54, 1.807) is 54.7 Å². The quantitative estimate of drug-likeness (QED) is 0.456. The summed E-state index contributed by atoms with van der Waals surface area (Å²) in [5, 5.41) is 2.88. The lowest BCUT2D eigenvalue weighted by Crippen LogP contribution is -2.16. The van der Waals surface area contributed by atoms with E-state index >= 15 is 0 Å². The van der Waals surface area contributed by atoms with E-state index in [2.05, 4.69) is 15.3 Å². The number of benzene rings is 3. The van der Waals surface area contributed by atoms with Gasteiger partial charge in [-0.25, -0.2) is 4.98 Å². The molecule has 1 amide bonds. The second-order valence-corrected chi connectivity index (χ2v) is 7.53. The molecule has 1 aromatic heterocycles. The van der Waals surface area contributed by atoms with Crippen molar-refractivity contribution in [2.24, 2.45) is 0 Å². The van der Waals surface area contributed by atoms with Gasteiger partial charge in [-0.05, 0) is 37.3 Å². The minimum atomic E-state index is -0.264. The van der Waals surface area contributed by atoms with Gasteiger partial charge in [0.2, 0.25) is 5.88 Å². The summed E-state index contributed by atoms with van der Waals surface area (Å²) in [6.45, 7) is 3.03. The van der Waals surface area contributed by atoms with E-state index in [9.17, 15) is 4.79 Å². The van der Waals surface area contributed by atoms with Gasteiger partial charge in [0, 0.05) is 35.1 Å². The fourth-order valence-electron chi connectivity index (χ4n) is 3.39. The fourth-order valence-corrected chi connectivity index (χ4v) is 3.39. The Kier molecular flexibility index (Phi) is 5.59. The molecule has 0 saturated carbocycles. The van der Waals surface area contributed by atoms with Gasteiger partial charge in [-0.3, -0.25) is 4.79 Å². The molecule has 0 spiro atoms. The van der Waals surface area contributed by atoms with E-state index in [0.29, 0.717) is 53.4 Å². The molecule has 0 unspecified atom stereocenters. The van der Waals surface area contributed by atoms with Crippen LogP contribution >= 0.6 is 0 Å². The van der Waals surface area contributed by atoms with Gasteiger partial charge in [0.05, 0.1) is 0 Å². The topological polar surface area (TPSA) is 82.6 Å². The molecule has 2 heterocycles. The van der Waals surface area contributed by atoms with Gasteiger partial charge in [-0.1, -0.05) is 35.9 Å². The Labute approximate surface area is 191 Å². The molecule has 4 aromatic rings. The number of hydrogen-bond donors (Lipinski definition) is 1. The Morgan fingerprint density at radius 3 is 2.61 bits per heavy atom. The number of amides is 1. The summed E-state index contributed by atoms with van der Waals surface area (Å²) in [7, 11) is 0. The van der Waals surface area contributed by atoms with Crippen LogP contribution in [0.15, 0.2) is 79.0 Å². The molecule has 0 fully saturated rings. The molecule has 0 atom stereocenters. The van der Waals surface area contributed by atoms with Gasteiger partial charge < -0.3 is 19.5 Å². The van der Waals surface area contributed by atoms with Crippen molar-refractivity contribution in [2.45, 2.75) is 6.92 Å². The van der Waals surface area contributed by atoms with Crippen molar-refractivity contribution in [2.75, 3.05) is 18.5 Å². The van der Waals surface area contributed by atoms with Crippen molar-refractivity contribution >= 4 is 11.6 Å². The zero-order valence-electron chi connectivity index (χ0n) is 17.9. The Morgan fingerprint density at radius 2 is 1.76 bits per heavy atom. The molecule has 0 radical (unpaired) electrons. The molecule has 1 aliphatic heterocycles. The van der Waals surface area contributed by atoms with Crippen molar-refractivity contribution in [1.29, 1.82) is 0 Å². The summed E-state index contributed by atoms with van der Waals surface area (Å²) in [5.41, 5.74) is 3.14. The highest BCUT2D eigenvalue weighted by Gasteiger charge is 2.14. The van der Waals surface area contributed by atoms with E-state index in [-0.39, 0.29) is 5.91 Å². The van der Waals surface area contributed by atoms with Crippen LogP contribution in [0.25, 0.3) is 11.4 Å². The van der Waals surface area contributed by atoms with E-state index in [1.165, 1.54) is 0 Å². The number of carbonyl (C=O) groups excluding carboxylic acids is 1. The molecule has 7 heteroatoms. The minimum Gasteiger partial charge on any atom is -0.486 e. The first kappa shape index (κ1) is 20.5. The Bertz CT molecular complexity index is 1310. The summed E-state index contributed by atoms with van der Waals surface area (Å²) < 4.78 is 17.0. The van der Waals surface area contributed by atoms with Gasteiger partial charge in [-0.2, -0.15) is 4.98 Å². The number of nitrogens with zero attached hydrogens (tertiary/aromatic N) is 2. The summed E-state index contributed by atoms with van der Waals surface area (Å²) in [6.07, 6.45) is 1.65. The van der Waals surface area contributed by atoms with Gasteiger partial charge >= 0.3 is 0 Å². The summed E-state index contributed by atoms with van der Waals surface area (Å²) >= 11 is 0. The van der Waals surface area contributed by atoms with Crippen LogP contribution in [0.2, 0.25) is 0 Å². The number of fused-ring (bicyclic) bond motifs is 1. The smallest absolute Gasteiger partial charge is 0.255 e. The third-order valence-corrected chi connectivity index (χ3v) is 5.06. The maximum Gasteiger partial charge on any atom is 0.255 e. The third-order valence-electron chi connectivity index (χ3n) is 5.06. The van der Waals surface area contributed by atoms with Crippen LogP contribution in [-0.4, -0.2) is 29.1 Å². The minimum absolute atomic E-state index is 0.264. The molecule has 0 saturated heterocycles. The van der Waals surface area contributed by atoms with Crippen LogP contribution < -0.4 is 19.5 Å². The van der Waals surface area contributed by atoms with Crippen LogP contribution in [0, 0.1) is 6.92 Å². The first-order chi connectivity index (χ1) is 16.1. The highest BCUT2D eigenvalue weighted by molar-refractivity contribution is 6.04. The normalized spacial score (nSPS) is 12.2. The predicted octanol–water partition coefficient (Wildman–Crippen LogP) is 5.27. The molecular formula is C26H21N3O4. The third kappa shape index (κ3) is 4.77.